The third-order valence-electron chi connectivity index (χ3n) is 5.63. The molecule has 1 saturated heterocycles. The Labute approximate surface area is 164 Å². The van der Waals surface area contributed by atoms with E-state index in [1.165, 1.54) is 49.9 Å². The van der Waals surface area contributed by atoms with Gasteiger partial charge in [-0.25, -0.2) is 4.68 Å². The molecule has 5 nitrogen and oxygen atoms in total. The van der Waals surface area contributed by atoms with Crippen LogP contribution in [0.5, 0.6) is 5.75 Å². The number of anilines is 2. The van der Waals surface area contributed by atoms with Crippen molar-refractivity contribution in [2.24, 2.45) is 5.92 Å². The zero-order chi connectivity index (χ0) is 17.9. The number of hydrogen-bond acceptors (Lipinski definition) is 6. The fourth-order valence-electron chi connectivity index (χ4n) is 4.38. The largest absolute Gasteiger partial charge is 0.495 e. The van der Waals surface area contributed by atoms with Crippen LogP contribution in [0.2, 0.25) is 0 Å². The van der Waals surface area contributed by atoms with Crippen molar-refractivity contribution in [1.82, 2.24) is 14.7 Å². The molecule has 4 rings (SSSR count). The van der Waals surface area contributed by atoms with E-state index in [9.17, 15) is 0 Å². The molecule has 2 aromatic rings. The monoisotopic (exact) mass is 390 g/mol. The summed E-state index contributed by atoms with van der Waals surface area (Å²) in [4.78, 5) is 2.61. The standard InChI is InChI=1S/C19H26N4OS2/c1-24-17-11-5-3-9-15(17)20-18-21-23(19(25)26-18)13-22-12-6-8-14-7-2-4-10-16(14)22/h3,5,9,11,14,16H,2,4,6-8,10,12-13H2,1H3,(H,20,21)/t14-,16-/m0/s1. The molecule has 0 radical (unpaired) electrons. The van der Waals surface area contributed by atoms with Gasteiger partial charge in [-0.15, -0.1) is 5.10 Å². The molecule has 1 aromatic heterocycles. The first kappa shape index (κ1) is 17.9. The molecule has 2 aliphatic rings. The predicted molar refractivity (Wildman–Crippen MR) is 109 cm³/mol. The minimum atomic E-state index is 0.715. The zero-order valence-corrected chi connectivity index (χ0v) is 16.8. The van der Waals surface area contributed by atoms with Crippen LogP contribution in [-0.4, -0.2) is 34.4 Å². The fraction of sp³-hybridized carbons (Fsp3) is 0.579. The summed E-state index contributed by atoms with van der Waals surface area (Å²) in [6, 6.07) is 8.59. The van der Waals surface area contributed by atoms with Crippen LogP contribution in [0, 0.1) is 9.87 Å². The third kappa shape index (κ3) is 3.80. The van der Waals surface area contributed by atoms with Crippen LogP contribution in [0.1, 0.15) is 38.5 Å². The number of ether oxygens (including phenoxy) is 1. The maximum Gasteiger partial charge on any atom is 0.209 e. The van der Waals surface area contributed by atoms with Gasteiger partial charge >= 0.3 is 0 Å². The Morgan fingerprint density at radius 3 is 2.92 bits per heavy atom. The van der Waals surface area contributed by atoms with Gasteiger partial charge < -0.3 is 10.1 Å². The second kappa shape index (κ2) is 8.06. The highest BCUT2D eigenvalue weighted by Gasteiger charge is 2.33. The normalized spacial score (nSPS) is 23.4. The highest BCUT2D eigenvalue weighted by molar-refractivity contribution is 7.73. The lowest BCUT2D eigenvalue weighted by Crippen LogP contribution is -2.47. The fourth-order valence-corrected chi connectivity index (χ4v) is 5.39. The van der Waals surface area contributed by atoms with Crippen molar-refractivity contribution in [3.63, 3.8) is 0 Å². The van der Waals surface area contributed by atoms with Gasteiger partial charge in [-0.3, -0.25) is 4.90 Å². The van der Waals surface area contributed by atoms with E-state index in [0.29, 0.717) is 6.04 Å². The molecule has 0 unspecified atom stereocenters. The van der Waals surface area contributed by atoms with Gasteiger partial charge in [0.05, 0.1) is 19.5 Å². The number of nitrogens with one attached hydrogen (secondary N) is 1. The summed E-state index contributed by atoms with van der Waals surface area (Å²) in [6.07, 6.45) is 8.17. The Hall–Kier alpha value is -1.44. The summed E-state index contributed by atoms with van der Waals surface area (Å²) >= 11 is 7.11. The lowest BCUT2D eigenvalue weighted by Gasteiger charge is -2.43. The first-order valence-corrected chi connectivity index (χ1v) is 10.7. The molecule has 2 atom stereocenters. The second-order valence-corrected chi connectivity index (χ2v) is 8.83. The van der Waals surface area contributed by atoms with Crippen molar-refractivity contribution in [3.05, 3.63) is 28.2 Å². The van der Waals surface area contributed by atoms with E-state index in [1.807, 2.05) is 28.9 Å². The molecular formula is C19H26N4OS2. The van der Waals surface area contributed by atoms with E-state index in [0.717, 1.165) is 39.7 Å². The number of nitrogens with zero attached hydrogens (tertiary/aromatic N) is 3. The maximum absolute atomic E-state index is 5.59. The van der Waals surface area contributed by atoms with Crippen LogP contribution in [-0.2, 0) is 6.67 Å². The molecule has 1 N–H and O–H groups in total. The molecule has 1 aliphatic carbocycles. The van der Waals surface area contributed by atoms with Crippen molar-refractivity contribution in [1.29, 1.82) is 0 Å². The molecule has 2 fully saturated rings. The quantitative estimate of drug-likeness (QED) is 0.725. The van der Waals surface area contributed by atoms with E-state index < -0.39 is 0 Å². The lowest BCUT2D eigenvalue weighted by atomic mass is 9.78. The van der Waals surface area contributed by atoms with Crippen LogP contribution in [0.25, 0.3) is 0 Å². The van der Waals surface area contributed by atoms with E-state index in [2.05, 4.69) is 10.2 Å². The molecular weight excluding hydrogens is 364 g/mol. The molecule has 0 bridgehead atoms. The minimum Gasteiger partial charge on any atom is -0.495 e. The number of likely N-dealkylation sites (tertiary alicyclic amines) is 1. The average molecular weight is 391 g/mol. The van der Waals surface area contributed by atoms with Gasteiger partial charge in [0.2, 0.25) is 5.13 Å². The predicted octanol–water partition coefficient (Wildman–Crippen LogP) is 5.04. The first-order chi connectivity index (χ1) is 12.7. The van der Waals surface area contributed by atoms with E-state index in [-0.39, 0.29) is 0 Å². The third-order valence-corrected chi connectivity index (χ3v) is 6.85. The van der Waals surface area contributed by atoms with Crippen LogP contribution >= 0.6 is 23.6 Å². The summed E-state index contributed by atoms with van der Waals surface area (Å²) in [5.41, 5.74) is 0.913. The number of piperidine rings is 1. The van der Waals surface area contributed by atoms with Crippen LogP contribution in [0.4, 0.5) is 10.8 Å². The Morgan fingerprint density at radius 1 is 1.23 bits per heavy atom. The Morgan fingerprint density at radius 2 is 2.04 bits per heavy atom. The summed E-state index contributed by atoms with van der Waals surface area (Å²) in [6.45, 7) is 1.97. The zero-order valence-electron chi connectivity index (χ0n) is 15.2. The van der Waals surface area contributed by atoms with Crippen molar-refractivity contribution in [3.8, 4) is 5.75 Å². The molecule has 26 heavy (non-hydrogen) atoms. The molecule has 1 aromatic carbocycles. The number of fused-ring (bicyclic) bond motifs is 1. The van der Waals surface area contributed by atoms with Crippen molar-refractivity contribution >= 4 is 34.4 Å². The van der Waals surface area contributed by atoms with Gasteiger partial charge in [-0.1, -0.05) is 36.3 Å². The number of aromatic nitrogens is 2. The Kier molecular flexibility index (Phi) is 5.57. The summed E-state index contributed by atoms with van der Waals surface area (Å²) in [5, 5.41) is 8.91. The summed E-state index contributed by atoms with van der Waals surface area (Å²) < 4.78 is 8.21. The number of rotatable bonds is 5. The Bertz CT molecular complexity index is 801. The highest BCUT2D eigenvalue weighted by atomic mass is 32.1. The van der Waals surface area contributed by atoms with Crippen molar-refractivity contribution < 1.29 is 4.74 Å². The van der Waals surface area contributed by atoms with E-state index in [4.69, 9.17) is 22.1 Å². The molecule has 1 aliphatic heterocycles. The lowest BCUT2D eigenvalue weighted by molar-refractivity contribution is 0.0327. The number of para-hydroxylation sites is 2. The van der Waals surface area contributed by atoms with Crippen LogP contribution in [0.15, 0.2) is 24.3 Å². The number of hydrogen-bond donors (Lipinski definition) is 1. The molecule has 1 saturated carbocycles. The van der Waals surface area contributed by atoms with Crippen LogP contribution < -0.4 is 10.1 Å². The van der Waals surface area contributed by atoms with Crippen molar-refractivity contribution in [2.75, 3.05) is 19.0 Å². The van der Waals surface area contributed by atoms with E-state index in [1.54, 1.807) is 7.11 Å². The molecule has 7 heteroatoms. The molecule has 140 valence electrons. The van der Waals surface area contributed by atoms with Gasteiger partial charge in [0, 0.05) is 12.6 Å². The van der Waals surface area contributed by atoms with E-state index >= 15 is 0 Å². The second-order valence-electron chi connectivity index (χ2n) is 7.21. The van der Waals surface area contributed by atoms with Gasteiger partial charge in [0.1, 0.15) is 5.75 Å². The molecule has 0 amide bonds. The summed E-state index contributed by atoms with van der Waals surface area (Å²) in [5.74, 6) is 1.68. The summed E-state index contributed by atoms with van der Waals surface area (Å²) in [7, 11) is 1.68. The van der Waals surface area contributed by atoms with Gasteiger partial charge in [0.25, 0.3) is 0 Å². The average Bonchev–Trinajstić information content (AvgIpc) is 3.01. The topological polar surface area (TPSA) is 42.3 Å². The highest BCUT2D eigenvalue weighted by Crippen LogP contribution is 2.36. The molecule has 0 spiro atoms. The SMILES string of the molecule is COc1ccccc1Nc1nn(CN2CCC[C@@H]3CCCC[C@@H]32)c(=S)s1. The van der Waals surface area contributed by atoms with Crippen LogP contribution in [0.3, 0.4) is 0 Å². The van der Waals surface area contributed by atoms with Gasteiger partial charge in [-0.2, -0.15) is 0 Å². The number of benzene rings is 1. The van der Waals surface area contributed by atoms with Gasteiger partial charge in [-0.05, 0) is 56.0 Å². The van der Waals surface area contributed by atoms with Crippen molar-refractivity contribution in [2.45, 2.75) is 51.2 Å². The first-order valence-electron chi connectivity index (χ1n) is 9.46. The maximum atomic E-state index is 5.59. The molecule has 2 heterocycles. The minimum absolute atomic E-state index is 0.715. The number of methoxy groups -OCH3 is 1. The van der Waals surface area contributed by atoms with Gasteiger partial charge in [0.15, 0.2) is 3.95 Å². The smallest absolute Gasteiger partial charge is 0.209 e. The Balaban J connectivity index is 1.49.